The summed E-state index contributed by atoms with van der Waals surface area (Å²) in [7, 11) is 1.32. The summed E-state index contributed by atoms with van der Waals surface area (Å²) in [5.41, 5.74) is 5.19. The van der Waals surface area contributed by atoms with E-state index in [0.717, 1.165) is 11.3 Å². The third-order valence-electron chi connectivity index (χ3n) is 3.42. The Kier molecular flexibility index (Phi) is 5.87. The van der Waals surface area contributed by atoms with Gasteiger partial charge < -0.3 is 9.47 Å². The smallest absolute Gasteiger partial charge is 0.433 e. The molecule has 0 radical (unpaired) electrons. The molecule has 1 amide bonds. The Morgan fingerprint density at radius 3 is 2.04 bits per heavy atom. The molecule has 1 N–H and O–H groups in total. The lowest BCUT2D eigenvalue weighted by Gasteiger charge is -2.28. The van der Waals surface area contributed by atoms with Gasteiger partial charge in [-0.05, 0) is 64.1 Å². The van der Waals surface area contributed by atoms with Gasteiger partial charge in [0.15, 0.2) is 0 Å². The zero-order chi connectivity index (χ0) is 19.3. The number of hydrogen-bond acceptors (Lipinski definition) is 5. The van der Waals surface area contributed by atoms with Crippen LogP contribution in [0.4, 0.5) is 16.2 Å². The maximum atomic E-state index is 12.7. The molecule has 0 bridgehead atoms. The molecule has 0 aromatic heterocycles. The lowest BCUT2D eigenvalue weighted by Crippen LogP contribution is -2.40. The predicted molar refractivity (Wildman–Crippen MR) is 101 cm³/mol. The van der Waals surface area contributed by atoms with Crippen LogP contribution in [0, 0.1) is 6.92 Å². The van der Waals surface area contributed by atoms with Gasteiger partial charge in [-0.2, -0.15) is 5.01 Å². The number of rotatable bonds is 4. The van der Waals surface area contributed by atoms with Crippen LogP contribution in [0.3, 0.4) is 0 Å². The van der Waals surface area contributed by atoms with Gasteiger partial charge in [-0.3, -0.25) is 5.43 Å². The van der Waals surface area contributed by atoms with Crippen molar-refractivity contribution in [3.05, 3.63) is 59.7 Å². The summed E-state index contributed by atoms with van der Waals surface area (Å²) < 4.78 is 10.2. The van der Waals surface area contributed by atoms with Crippen molar-refractivity contribution in [1.29, 1.82) is 0 Å². The molecule has 2 aromatic carbocycles. The highest BCUT2D eigenvalue weighted by molar-refractivity contribution is 5.93. The molecule has 0 aliphatic heterocycles. The molecular formula is C20H24N2O4. The molecule has 0 fully saturated rings. The number of amides is 1. The van der Waals surface area contributed by atoms with Gasteiger partial charge in [-0.15, -0.1) is 0 Å². The fraction of sp³-hybridized carbons (Fsp3) is 0.300. The molecular weight excluding hydrogens is 332 g/mol. The van der Waals surface area contributed by atoms with E-state index in [1.165, 1.54) is 12.1 Å². The van der Waals surface area contributed by atoms with Crippen molar-refractivity contribution in [2.75, 3.05) is 17.5 Å². The Labute approximate surface area is 153 Å². The van der Waals surface area contributed by atoms with E-state index in [0.29, 0.717) is 11.3 Å². The van der Waals surface area contributed by atoms with Crippen LogP contribution in [-0.4, -0.2) is 24.8 Å². The van der Waals surface area contributed by atoms with E-state index >= 15 is 0 Å². The first kappa shape index (κ1) is 19.3. The number of carbonyl (C=O) groups is 2. The SMILES string of the molecule is COC(=O)c1ccc(N(Nc2ccc(C)cc2)C(=O)OC(C)(C)C)cc1. The first-order valence-corrected chi connectivity index (χ1v) is 8.24. The second-order valence-corrected chi connectivity index (χ2v) is 6.83. The summed E-state index contributed by atoms with van der Waals surface area (Å²) in [6.07, 6.45) is -0.552. The van der Waals surface area contributed by atoms with E-state index in [9.17, 15) is 9.59 Å². The molecule has 6 nitrogen and oxygen atoms in total. The highest BCUT2D eigenvalue weighted by atomic mass is 16.6. The maximum absolute atomic E-state index is 12.7. The highest BCUT2D eigenvalue weighted by Crippen LogP contribution is 2.21. The van der Waals surface area contributed by atoms with Crippen molar-refractivity contribution in [2.24, 2.45) is 0 Å². The van der Waals surface area contributed by atoms with Crippen LogP contribution in [0.5, 0.6) is 0 Å². The van der Waals surface area contributed by atoms with Crippen LogP contribution in [0.2, 0.25) is 0 Å². The molecule has 0 heterocycles. The third-order valence-corrected chi connectivity index (χ3v) is 3.42. The van der Waals surface area contributed by atoms with Gasteiger partial charge in [0.05, 0.1) is 24.0 Å². The fourth-order valence-corrected chi connectivity index (χ4v) is 2.14. The summed E-state index contributed by atoms with van der Waals surface area (Å²) in [5.74, 6) is -0.438. The van der Waals surface area contributed by atoms with Gasteiger partial charge >= 0.3 is 12.1 Å². The predicted octanol–water partition coefficient (Wildman–Crippen LogP) is 4.55. The second kappa shape index (κ2) is 7.91. The quantitative estimate of drug-likeness (QED) is 0.643. The molecule has 0 spiro atoms. The fourth-order valence-electron chi connectivity index (χ4n) is 2.14. The molecule has 0 aliphatic carbocycles. The lowest BCUT2D eigenvalue weighted by molar-refractivity contribution is 0.0585. The minimum Gasteiger partial charge on any atom is -0.465 e. The van der Waals surface area contributed by atoms with Crippen LogP contribution in [0.25, 0.3) is 0 Å². The summed E-state index contributed by atoms with van der Waals surface area (Å²) in [4.78, 5) is 24.3. The third kappa shape index (κ3) is 5.24. The minimum absolute atomic E-state index is 0.399. The van der Waals surface area contributed by atoms with Crippen molar-refractivity contribution in [2.45, 2.75) is 33.3 Å². The van der Waals surface area contributed by atoms with Gasteiger partial charge in [-0.1, -0.05) is 17.7 Å². The lowest BCUT2D eigenvalue weighted by atomic mass is 10.2. The van der Waals surface area contributed by atoms with Crippen LogP contribution >= 0.6 is 0 Å². The number of methoxy groups -OCH3 is 1. The number of nitrogens with one attached hydrogen (secondary N) is 1. The van der Waals surface area contributed by atoms with E-state index < -0.39 is 17.7 Å². The summed E-state index contributed by atoms with van der Waals surface area (Å²) in [6, 6.07) is 14.1. The average molecular weight is 356 g/mol. The number of aryl methyl sites for hydroxylation is 1. The molecule has 0 saturated heterocycles. The number of hydrogen-bond donors (Lipinski definition) is 1. The second-order valence-electron chi connectivity index (χ2n) is 6.83. The van der Waals surface area contributed by atoms with Gasteiger partial charge in [0.2, 0.25) is 0 Å². The summed E-state index contributed by atoms with van der Waals surface area (Å²) in [6.45, 7) is 7.39. The standard InChI is InChI=1S/C20H24N2O4/c1-14-6-10-16(11-7-14)21-22(19(24)26-20(2,3)4)17-12-8-15(9-13-17)18(23)25-5/h6-13,21H,1-5H3. The van der Waals surface area contributed by atoms with Crippen LogP contribution in [0.1, 0.15) is 36.7 Å². The Balaban J connectivity index is 2.31. The monoisotopic (exact) mass is 356 g/mol. The molecule has 0 saturated carbocycles. The number of esters is 1. The van der Waals surface area contributed by atoms with Gasteiger partial charge in [0.1, 0.15) is 5.60 Å². The maximum Gasteiger partial charge on any atom is 0.433 e. The molecule has 138 valence electrons. The van der Waals surface area contributed by atoms with Gasteiger partial charge in [-0.25, -0.2) is 9.59 Å². The molecule has 0 atom stereocenters. The Morgan fingerprint density at radius 1 is 0.962 bits per heavy atom. The van der Waals surface area contributed by atoms with E-state index in [-0.39, 0.29) is 0 Å². The van der Waals surface area contributed by atoms with Crippen molar-refractivity contribution >= 4 is 23.4 Å². The first-order valence-electron chi connectivity index (χ1n) is 8.24. The largest absolute Gasteiger partial charge is 0.465 e. The van der Waals surface area contributed by atoms with Gasteiger partial charge in [0.25, 0.3) is 0 Å². The van der Waals surface area contributed by atoms with E-state index in [1.807, 2.05) is 31.2 Å². The molecule has 26 heavy (non-hydrogen) atoms. The highest BCUT2D eigenvalue weighted by Gasteiger charge is 2.24. The number of hydrazine groups is 1. The summed E-state index contributed by atoms with van der Waals surface area (Å²) in [5, 5.41) is 1.30. The van der Waals surface area contributed by atoms with Crippen molar-refractivity contribution < 1.29 is 19.1 Å². The van der Waals surface area contributed by atoms with Crippen LogP contribution in [-0.2, 0) is 9.47 Å². The zero-order valence-electron chi connectivity index (χ0n) is 15.7. The van der Waals surface area contributed by atoms with Crippen LogP contribution < -0.4 is 10.4 Å². The Morgan fingerprint density at radius 2 is 1.54 bits per heavy atom. The molecule has 2 rings (SSSR count). The van der Waals surface area contributed by atoms with E-state index in [2.05, 4.69) is 5.43 Å². The number of nitrogens with zero attached hydrogens (tertiary/aromatic N) is 1. The Bertz CT molecular complexity index is 762. The Hall–Kier alpha value is -3.02. The number of carbonyl (C=O) groups excluding carboxylic acids is 2. The molecule has 0 aliphatic rings. The number of anilines is 2. The van der Waals surface area contributed by atoms with Gasteiger partial charge in [0, 0.05) is 0 Å². The average Bonchev–Trinajstić information content (AvgIpc) is 2.59. The molecule has 2 aromatic rings. The van der Waals surface area contributed by atoms with Crippen LogP contribution in [0.15, 0.2) is 48.5 Å². The topological polar surface area (TPSA) is 67.9 Å². The molecule has 6 heteroatoms. The zero-order valence-corrected chi connectivity index (χ0v) is 15.7. The van der Waals surface area contributed by atoms with Crippen molar-refractivity contribution in [3.63, 3.8) is 0 Å². The summed E-state index contributed by atoms with van der Waals surface area (Å²) >= 11 is 0. The number of benzene rings is 2. The van der Waals surface area contributed by atoms with Crippen molar-refractivity contribution in [3.8, 4) is 0 Å². The normalized spacial score (nSPS) is 10.8. The number of ether oxygens (including phenoxy) is 2. The van der Waals surface area contributed by atoms with E-state index in [1.54, 1.807) is 45.0 Å². The first-order chi connectivity index (χ1) is 12.2. The van der Waals surface area contributed by atoms with E-state index in [4.69, 9.17) is 9.47 Å². The van der Waals surface area contributed by atoms with Crippen molar-refractivity contribution in [1.82, 2.24) is 0 Å². The molecule has 0 unspecified atom stereocenters. The minimum atomic E-state index is -0.643.